The monoisotopic (exact) mass is 375 g/mol. The maximum atomic E-state index is 12.0. The van der Waals surface area contributed by atoms with Gasteiger partial charge in [0.1, 0.15) is 5.75 Å². The lowest BCUT2D eigenvalue weighted by atomic mass is 10.0. The average Bonchev–Trinajstić information content (AvgIpc) is 2.56. The molecule has 2 rings (SSSR count). The normalized spacial score (nSPS) is 16.7. The van der Waals surface area contributed by atoms with Crippen molar-refractivity contribution in [3.05, 3.63) is 23.2 Å². The van der Waals surface area contributed by atoms with Crippen molar-refractivity contribution in [2.24, 2.45) is 0 Å². The number of carbonyl (C=O) groups excluding carboxylic acids is 2. The van der Waals surface area contributed by atoms with Crippen LogP contribution in [0.1, 0.15) is 25.7 Å². The average molecular weight is 376 g/mol. The second-order valence-corrected chi connectivity index (χ2v) is 5.87. The Labute approximate surface area is 153 Å². The number of amides is 2. The highest BCUT2D eigenvalue weighted by Crippen LogP contribution is 2.27. The first kappa shape index (κ1) is 20.5. The molecule has 24 heavy (non-hydrogen) atoms. The minimum atomic E-state index is -0.206. The number of piperidine rings is 1. The van der Waals surface area contributed by atoms with Crippen LogP contribution in [-0.2, 0) is 9.59 Å². The summed E-state index contributed by atoms with van der Waals surface area (Å²) >= 11 is 5.92. The van der Waals surface area contributed by atoms with Crippen molar-refractivity contribution >= 4 is 41.5 Å². The lowest BCUT2D eigenvalue weighted by Gasteiger charge is -2.22. The van der Waals surface area contributed by atoms with Crippen LogP contribution >= 0.6 is 24.0 Å². The minimum absolute atomic E-state index is 0. The second kappa shape index (κ2) is 10.4. The Bertz CT molecular complexity index is 563. The maximum absolute atomic E-state index is 12.0. The van der Waals surface area contributed by atoms with Gasteiger partial charge >= 0.3 is 0 Å². The van der Waals surface area contributed by atoms with E-state index in [2.05, 4.69) is 16.0 Å². The maximum Gasteiger partial charge on any atom is 0.237 e. The number of benzene rings is 1. The predicted octanol–water partition coefficient (Wildman–Crippen LogP) is 2.36. The van der Waals surface area contributed by atoms with Crippen LogP contribution in [0.2, 0.25) is 5.02 Å². The van der Waals surface area contributed by atoms with Gasteiger partial charge in [0.25, 0.3) is 0 Å². The van der Waals surface area contributed by atoms with E-state index in [1.807, 2.05) is 0 Å². The van der Waals surface area contributed by atoms with Gasteiger partial charge in [-0.15, -0.1) is 12.4 Å². The quantitative estimate of drug-likeness (QED) is 0.712. The molecule has 1 atom stereocenters. The summed E-state index contributed by atoms with van der Waals surface area (Å²) in [6.07, 6.45) is 3.19. The molecule has 1 aliphatic rings. The van der Waals surface area contributed by atoms with Crippen LogP contribution in [0.4, 0.5) is 5.69 Å². The van der Waals surface area contributed by atoms with Crippen LogP contribution in [0.5, 0.6) is 5.75 Å². The molecule has 1 aromatic rings. The standard InChI is InChI=1S/C16H22ClN3O3.ClH/c1-23-14-6-5-11(17)10-13(14)20-15(21)7-9-19-16(22)12-4-2-3-8-18-12;/h5-6,10,12,18H,2-4,7-9H2,1H3,(H,19,22)(H,20,21);1H. The predicted molar refractivity (Wildman–Crippen MR) is 97.2 cm³/mol. The molecule has 0 aromatic heterocycles. The van der Waals surface area contributed by atoms with Gasteiger partial charge in [-0.3, -0.25) is 9.59 Å². The number of anilines is 1. The fourth-order valence-corrected chi connectivity index (χ4v) is 2.66. The first-order valence-electron chi connectivity index (χ1n) is 7.74. The summed E-state index contributed by atoms with van der Waals surface area (Å²) in [4.78, 5) is 23.9. The number of methoxy groups -OCH3 is 1. The molecule has 2 amide bonds. The van der Waals surface area contributed by atoms with Crippen molar-refractivity contribution in [1.82, 2.24) is 10.6 Å². The Kier molecular flexibility index (Phi) is 8.89. The Morgan fingerprint density at radius 2 is 2.17 bits per heavy atom. The summed E-state index contributed by atoms with van der Waals surface area (Å²) in [7, 11) is 1.52. The van der Waals surface area contributed by atoms with Gasteiger partial charge < -0.3 is 20.7 Å². The van der Waals surface area contributed by atoms with Gasteiger partial charge in [0.05, 0.1) is 18.8 Å². The highest BCUT2D eigenvalue weighted by atomic mass is 35.5. The summed E-state index contributed by atoms with van der Waals surface area (Å²) in [6, 6.07) is 4.87. The zero-order chi connectivity index (χ0) is 16.7. The number of hydrogen-bond donors (Lipinski definition) is 3. The van der Waals surface area contributed by atoms with Gasteiger partial charge in [-0.25, -0.2) is 0 Å². The third-order valence-corrected chi connectivity index (χ3v) is 3.95. The SMILES string of the molecule is COc1ccc(Cl)cc1NC(=O)CCNC(=O)C1CCCCN1.Cl. The van der Waals surface area contributed by atoms with Gasteiger partial charge in [-0.05, 0) is 37.6 Å². The van der Waals surface area contributed by atoms with Crippen molar-refractivity contribution in [2.75, 3.05) is 25.5 Å². The van der Waals surface area contributed by atoms with E-state index >= 15 is 0 Å². The molecule has 3 N–H and O–H groups in total. The van der Waals surface area contributed by atoms with Gasteiger partial charge in [0, 0.05) is 18.0 Å². The number of halogens is 2. The first-order valence-corrected chi connectivity index (χ1v) is 8.12. The van der Waals surface area contributed by atoms with Crippen molar-refractivity contribution in [1.29, 1.82) is 0 Å². The number of hydrogen-bond acceptors (Lipinski definition) is 4. The molecule has 1 saturated heterocycles. The third kappa shape index (κ3) is 6.19. The fourth-order valence-electron chi connectivity index (χ4n) is 2.49. The van der Waals surface area contributed by atoms with Crippen molar-refractivity contribution in [3.8, 4) is 5.75 Å². The topological polar surface area (TPSA) is 79.5 Å². The second-order valence-electron chi connectivity index (χ2n) is 5.44. The van der Waals surface area contributed by atoms with Crippen molar-refractivity contribution in [2.45, 2.75) is 31.7 Å². The van der Waals surface area contributed by atoms with Crippen LogP contribution < -0.4 is 20.7 Å². The molecule has 8 heteroatoms. The summed E-state index contributed by atoms with van der Waals surface area (Å²) in [5.74, 6) is 0.290. The van der Waals surface area contributed by atoms with E-state index in [0.717, 1.165) is 25.8 Å². The van der Waals surface area contributed by atoms with E-state index in [4.69, 9.17) is 16.3 Å². The van der Waals surface area contributed by atoms with E-state index < -0.39 is 0 Å². The van der Waals surface area contributed by atoms with Crippen molar-refractivity contribution < 1.29 is 14.3 Å². The zero-order valence-electron chi connectivity index (χ0n) is 13.6. The van der Waals surface area contributed by atoms with Gasteiger partial charge in [0.15, 0.2) is 0 Å². The van der Waals surface area contributed by atoms with Crippen molar-refractivity contribution in [3.63, 3.8) is 0 Å². The minimum Gasteiger partial charge on any atom is -0.495 e. The summed E-state index contributed by atoms with van der Waals surface area (Å²) in [5, 5.41) is 9.22. The molecule has 0 radical (unpaired) electrons. The molecule has 0 aliphatic carbocycles. The number of ether oxygens (including phenoxy) is 1. The number of carbonyl (C=O) groups is 2. The highest BCUT2D eigenvalue weighted by Gasteiger charge is 2.20. The largest absolute Gasteiger partial charge is 0.495 e. The Morgan fingerprint density at radius 1 is 1.38 bits per heavy atom. The van der Waals surface area contributed by atoms with E-state index in [9.17, 15) is 9.59 Å². The fraction of sp³-hybridized carbons (Fsp3) is 0.500. The number of nitrogens with one attached hydrogen (secondary N) is 3. The van der Waals surface area contributed by atoms with E-state index in [-0.39, 0.29) is 36.7 Å². The number of rotatable bonds is 6. The Balaban J connectivity index is 0.00000288. The van der Waals surface area contributed by atoms with Crippen LogP contribution in [0, 0.1) is 0 Å². The van der Waals surface area contributed by atoms with Gasteiger partial charge in [0.2, 0.25) is 11.8 Å². The zero-order valence-corrected chi connectivity index (χ0v) is 15.1. The Morgan fingerprint density at radius 3 is 2.83 bits per heavy atom. The molecule has 1 aromatic carbocycles. The molecule has 0 saturated carbocycles. The lowest BCUT2D eigenvalue weighted by molar-refractivity contribution is -0.123. The van der Waals surface area contributed by atoms with E-state index in [0.29, 0.717) is 23.0 Å². The lowest BCUT2D eigenvalue weighted by Crippen LogP contribution is -2.47. The Hall–Kier alpha value is -1.50. The molecule has 134 valence electrons. The summed E-state index contributed by atoms with van der Waals surface area (Å²) < 4.78 is 5.17. The molecule has 1 fully saturated rings. The molecule has 0 bridgehead atoms. The third-order valence-electron chi connectivity index (χ3n) is 3.71. The molecular weight excluding hydrogens is 353 g/mol. The first-order chi connectivity index (χ1) is 11.1. The summed E-state index contributed by atoms with van der Waals surface area (Å²) in [5.41, 5.74) is 0.519. The molecular formula is C16H23Cl2N3O3. The summed E-state index contributed by atoms with van der Waals surface area (Å²) in [6.45, 7) is 1.17. The van der Waals surface area contributed by atoms with Crippen LogP contribution in [0.25, 0.3) is 0 Å². The smallest absolute Gasteiger partial charge is 0.237 e. The van der Waals surface area contributed by atoms with Crippen LogP contribution in [-0.4, -0.2) is 38.1 Å². The van der Waals surface area contributed by atoms with Gasteiger partial charge in [-0.2, -0.15) is 0 Å². The van der Waals surface area contributed by atoms with Crippen LogP contribution in [0.15, 0.2) is 18.2 Å². The van der Waals surface area contributed by atoms with E-state index in [1.54, 1.807) is 18.2 Å². The van der Waals surface area contributed by atoms with Crippen LogP contribution in [0.3, 0.4) is 0 Å². The van der Waals surface area contributed by atoms with Gasteiger partial charge in [-0.1, -0.05) is 18.0 Å². The molecule has 1 aliphatic heterocycles. The highest BCUT2D eigenvalue weighted by molar-refractivity contribution is 6.31. The molecule has 0 spiro atoms. The molecule has 6 nitrogen and oxygen atoms in total. The molecule has 1 heterocycles. The van der Waals surface area contributed by atoms with E-state index in [1.165, 1.54) is 7.11 Å². The molecule has 1 unspecified atom stereocenters.